The van der Waals surface area contributed by atoms with Gasteiger partial charge in [0.15, 0.2) is 0 Å². The van der Waals surface area contributed by atoms with Crippen LogP contribution in [0, 0.1) is 11.3 Å². The van der Waals surface area contributed by atoms with Crippen LogP contribution in [0.2, 0.25) is 0 Å². The van der Waals surface area contributed by atoms with E-state index in [-0.39, 0.29) is 0 Å². The van der Waals surface area contributed by atoms with E-state index in [0.29, 0.717) is 23.1 Å². The molecule has 1 aliphatic rings. The largest absolute Gasteiger partial charge is 0.454 e. The van der Waals surface area contributed by atoms with Gasteiger partial charge in [-0.3, -0.25) is 4.98 Å². The van der Waals surface area contributed by atoms with Crippen LogP contribution in [0.3, 0.4) is 0 Å². The summed E-state index contributed by atoms with van der Waals surface area (Å²) in [6.45, 7) is 0.790. The molecule has 0 atom stereocenters. The van der Waals surface area contributed by atoms with Gasteiger partial charge in [0.2, 0.25) is 0 Å². The van der Waals surface area contributed by atoms with E-state index in [2.05, 4.69) is 32.3 Å². The van der Waals surface area contributed by atoms with Gasteiger partial charge in [-0.1, -0.05) is 6.07 Å². The van der Waals surface area contributed by atoms with E-state index in [1.54, 1.807) is 12.4 Å². The molecule has 0 saturated heterocycles. The van der Waals surface area contributed by atoms with Gasteiger partial charge in [0.05, 0.1) is 11.8 Å². The Balaban J connectivity index is 1.76. The molecular weight excluding hydrogens is 330 g/mol. The Morgan fingerprint density at radius 1 is 1.33 bits per heavy atom. The summed E-state index contributed by atoms with van der Waals surface area (Å²) in [5.41, 5.74) is 1.63. The number of nitrogens with one attached hydrogen (secondary N) is 1. The van der Waals surface area contributed by atoms with Crippen LogP contribution in [0.25, 0.3) is 0 Å². The molecule has 0 unspecified atom stereocenters. The average Bonchev–Trinajstić information content (AvgIpc) is 3.30. The lowest BCUT2D eigenvalue weighted by Gasteiger charge is -2.09. The highest BCUT2D eigenvalue weighted by Crippen LogP contribution is 2.27. The molecule has 0 amide bonds. The van der Waals surface area contributed by atoms with Crippen molar-refractivity contribution in [3.8, 4) is 17.6 Å². The highest BCUT2D eigenvalue weighted by molar-refractivity contribution is 9.10. The number of ether oxygens (including phenoxy) is 1. The Labute approximate surface area is 131 Å². The Kier molecular flexibility index (Phi) is 4.18. The summed E-state index contributed by atoms with van der Waals surface area (Å²) in [4.78, 5) is 4.04. The summed E-state index contributed by atoms with van der Waals surface area (Å²) >= 11 is 3.35. The maximum atomic E-state index is 9.29. The van der Waals surface area contributed by atoms with Gasteiger partial charge in [0.25, 0.3) is 0 Å². The van der Waals surface area contributed by atoms with E-state index in [1.165, 1.54) is 12.8 Å². The lowest BCUT2D eigenvalue weighted by Crippen LogP contribution is -2.15. The lowest BCUT2D eigenvalue weighted by atomic mass is 10.1. The Morgan fingerprint density at radius 3 is 2.90 bits per heavy atom. The van der Waals surface area contributed by atoms with E-state index < -0.39 is 0 Å². The SMILES string of the molecule is N#Cc1cc(CNC2CC2)ccc1Oc1cncc(Br)c1. The second kappa shape index (κ2) is 6.25. The molecule has 106 valence electrons. The molecule has 0 radical (unpaired) electrons. The maximum Gasteiger partial charge on any atom is 0.146 e. The lowest BCUT2D eigenvalue weighted by molar-refractivity contribution is 0.478. The number of hydrogen-bond donors (Lipinski definition) is 1. The van der Waals surface area contributed by atoms with E-state index in [4.69, 9.17) is 4.74 Å². The van der Waals surface area contributed by atoms with Crippen molar-refractivity contribution in [2.75, 3.05) is 0 Å². The van der Waals surface area contributed by atoms with Crippen molar-refractivity contribution in [3.63, 3.8) is 0 Å². The van der Waals surface area contributed by atoms with Gasteiger partial charge in [0, 0.05) is 23.3 Å². The van der Waals surface area contributed by atoms with Crippen molar-refractivity contribution in [2.24, 2.45) is 0 Å². The van der Waals surface area contributed by atoms with Crippen molar-refractivity contribution in [1.29, 1.82) is 5.26 Å². The van der Waals surface area contributed by atoms with Crippen LogP contribution in [0.5, 0.6) is 11.5 Å². The molecule has 1 saturated carbocycles. The minimum atomic E-state index is 0.532. The maximum absolute atomic E-state index is 9.29. The van der Waals surface area contributed by atoms with Gasteiger partial charge >= 0.3 is 0 Å². The van der Waals surface area contributed by atoms with Crippen LogP contribution in [0.15, 0.2) is 41.1 Å². The third-order valence-electron chi connectivity index (χ3n) is 3.24. The number of hydrogen-bond acceptors (Lipinski definition) is 4. The van der Waals surface area contributed by atoms with Crippen LogP contribution in [-0.2, 0) is 6.54 Å². The van der Waals surface area contributed by atoms with Gasteiger partial charge in [0.1, 0.15) is 17.6 Å². The number of nitriles is 1. The van der Waals surface area contributed by atoms with E-state index in [0.717, 1.165) is 16.6 Å². The molecule has 1 N–H and O–H groups in total. The second-order valence-electron chi connectivity index (χ2n) is 5.04. The van der Waals surface area contributed by atoms with Gasteiger partial charge in [-0.15, -0.1) is 0 Å². The van der Waals surface area contributed by atoms with Crippen molar-refractivity contribution in [1.82, 2.24) is 10.3 Å². The highest BCUT2D eigenvalue weighted by Gasteiger charge is 2.20. The van der Waals surface area contributed by atoms with Crippen LogP contribution >= 0.6 is 15.9 Å². The zero-order chi connectivity index (χ0) is 14.7. The third-order valence-corrected chi connectivity index (χ3v) is 3.68. The average molecular weight is 344 g/mol. The number of halogens is 1. The molecule has 5 heteroatoms. The fraction of sp³-hybridized carbons (Fsp3) is 0.250. The van der Waals surface area contributed by atoms with Gasteiger partial charge in [-0.2, -0.15) is 5.26 Å². The molecule has 1 aromatic heterocycles. The molecule has 1 fully saturated rings. The predicted molar refractivity (Wildman–Crippen MR) is 83.0 cm³/mol. The molecule has 0 aliphatic heterocycles. The molecule has 21 heavy (non-hydrogen) atoms. The molecule has 1 heterocycles. The smallest absolute Gasteiger partial charge is 0.146 e. The monoisotopic (exact) mass is 343 g/mol. The van der Waals surface area contributed by atoms with Crippen LogP contribution < -0.4 is 10.1 Å². The minimum Gasteiger partial charge on any atom is -0.454 e. The number of nitrogens with zero attached hydrogens (tertiary/aromatic N) is 2. The first kappa shape index (κ1) is 14.1. The van der Waals surface area contributed by atoms with Crippen LogP contribution in [0.1, 0.15) is 24.0 Å². The van der Waals surface area contributed by atoms with E-state index in [9.17, 15) is 5.26 Å². The van der Waals surface area contributed by atoms with Crippen molar-refractivity contribution >= 4 is 15.9 Å². The normalized spacial score (nSPS) is 13.7. The molecule has 0 spiro atoms. The number of benzene rings is 1. The highest BCUT2D eigenvalue weighted by atomic mass is 79.9. The first-order chi connectivity index (χ1) is 10.2. The standard InChI is InChI=1S/C16H14BrN3O/c17-13-6-15(10-19-9-13)21-16-4-1-11(5-12(16)7-18)8-20-14-2-3-14/h1,4-6,9-10,14,20H,2-3,8H2. The van der Waals surface area contributed by atoms with Gasteiger partial charge in [-0.05, 0) is 52.5 Å². The topological polar surface area (TPSA) is 57.9 Å². The van der Waals surface area contributed by atoms with Crippen molar-refractivity contribution in [3.05, 3.63) is 52.3 Å². The summed E-state index contributed by atoms with van der Waals surface area (Å²) in [5, 5.41) is 12.7. The zero-order valence-corrected chi connectivity index (χ0v) is 12.9. The van der Waals surface area contributed by atoms with Gasteiger partial charge in [-0.25, -0.2) is 0 Å². The van der Waals surface area contributed by atoms with E-state index in [1.807, 2.05) is 24.3 Å². The molecule has 0 bridgehead atoms. The Hall–Kier alpha value is -1.90. The first-order valence-corrected chi connectivity index (χ1v) is 7.59. The molecule has 2 aromatic rings. The summed E-state index contributed by atoms with van der Waals surface area (Å²) in [7, 11) is 0. The summed E-state index contributed by atoms with van der Waals surface area (Å²) in [6.07, 6.45) is 5.81. The van der Waals surface area contributed by atoms with Crippen molar-refractivity contribution < 1.29 is 4.74 Å². The van der Waals surface area contributed by atoms with Crippen LogP contribution in [-0.4, -0.2) is 11.0 Å². The molecular formula is C16H14BrN3O. The van der Waals surface area contributed by atoms with Crippen molar-refractivity contribution in [2.45, 2.75) is 25.4 Å². The summed E-state index contributed by atoms with van der Waals surface area (Å²) in [5.74, 6) is 1.15. The molecule has 1 aromatic carbocycles. The van der Waals surface area contributed by atoms with E-state index >= 15 is 0 Å². The summed E-state index contributed by atoms with van der Waals surface area (Å²) in [6, 6.07) is 10.3. The quantitative estimate of drug-likeness (QED) is 0.897. The number of rotatable bonds is 5. The third kappa shape index (κ3) is 3.81. The Morgan fingerprint density at radius 2 is 2.19 bits per heavy atom. The fourth-order valence-corrected chi connectivity index (χ4v) is 2.33. The summed E-state index contributed by atoms with van der Waals surface area (Å²) < 4.78 is 6.58. The van der Waals surface area contributed by atoms with Crippen LogP contribution in [0.4, 0.5) is 0 Å². The number of pyridine rings is 1. The molecule has 4 nitrogen and oxygen atoms in total. The fourth-order valence-electron chi connectivity index (χ4n) is 1.99. The predicted octanol–water partition coefficient (Wildman–Crippen LogP) is 3.76. The second-order valence-corrected chi connectivity index (χ2v) is 5.95. The minimum absolute atomic E-state index is 0.532. The molecule has 3 rings (SSSR count). The molecule has 1 aliphatic carbocycles. The van der Waals surface area contributed by atoms with Gasteiger partial charge < -0.3 is 10.1 Å². The first-order valence-electron chi connectivity index (χ1n) is 6.79. The zero-order valence-electron chi connectivity index (χ0n) is 11.3. The Bertz CT molecular complexity index is 692. The number of aromatic nitrogens is 1.